The number of fused-ring (bicyclic) bond motifs is 2. The van der Waals surface area contributed by atoms with Gasteiger partial charge in [-0.2, -0.15) is 5.10 Å². The average molecular weight is 484 g/mol. The molecule has 1 unspecified atom stereocenters. The SMILES string of the molecule is Cc1c(CN(CCc2cn(C)c3ccccc23)C2CCc3cc(/C=C/C(=O)NO)ccc32)cnn1C. The highest BCUT2D eigenvalue weighted by molar-refractivity contribution is 5.90. The zero-order chi connectivity index (χ0) is 25.2. The van der Waals surface area contributed by atoms with Gasteiger partial charge in [0.2, 0.25) is 0 Å². The van der Waals surface area contributed by atoms with E-state index in [-0.39, 0.29) is 0 Å². The van der Waals surface area contributed by atoms with Crippen molar-refractivity contribution in [2.24, 2.45) is 14.1 Å². The molecule has 0 spiro atoms. The van der Waals surface area contributed by atoms with Gasteiger partial charge in [-0.25, -0.2) is 5.48 Å². The number of carbonyl (C=O) groups is 1. The molecule has 1 aliphatic rings. The number of carbonyl (C=O) groups excluding carboxylic acids is 1. The van der Waals surface area contributed by atoms with E-state index < -0.39 is 5.91 Å². The summed E-state index contributed by atoms with van der Waals surface area (Å²) in [7, 11) is 4.11. The molecule has 2 heterocycles. The average Bonchev–Trinajstić information content (AvgIpc) is 3.56. The Labute approximate surface area is 211 Å². The number of aromatic nitrogens is 3. The van der Waals surface area contributed by atoms with Crippen LogP contribution in [0.25, 0.3) is 17.0 Å². The van der Waals surface area contributed by atoms with Crippen molar-refractivity contribution in [1.82, 2.24) is 24.7 Å². The first-order valence-corrected chi connectivity index (χ1v) is 12.4. The van der Waals surface area contributed by atoms with Crippen molar-refractivity contribution in [1.29, 1.82) is 0 Å². The standard InChI is InChI=1S/C29H33N5O2/c1-20-24(17-30-33(20)3)19-34(15-14-23-18-32(2)27-7-5-4-6-25(23)27)28-12-10-22-16-21(8-11-26(22)28)9-13-29(35)31-36/h4-9,11,13,16-18,28,36H,10,12,14-15,19H2,1-3H3,(H,31,35)/b13-9+. The number of nitrogens with zero attached hydrogens (tertiary/aromatic N) is 4. The second-order valence-corrected chi connectivity index (χ2v) is 9.70. The van der Waals surface area contributed by atoms with Gasteiger partial charge in [0.1, 0.15) is 0 Å². The number of para-hydroxylation sites is 1. The zero-order valence-corrected chi connectivity index (χ0v) is 21.1. The maximum atomic E-state index is 11.4. The smallest absolute Gasteiger partial charge is 0.267 e. The predicted molar refractivity (Wildman–Crippen MR) is 141 cm³/mol. The van der Waals surface area contributed by atoms with Gasteiger partial charge < -0.3 is 4.57 Å². The van der Waals surface area contributed by atoms with E-state index in [4.69, 9.17) is 5.21 Å². The second-order valence-electron chi connectivity index (χ2n) is 9.70. The van der Waals surface area contributed by atoms with Crippen molar-refractivity contribution in [3.05, 3.63) is 94.4 Å². The minimum absolute atomic E-state index is 0.327. The van der Waals surface area contributed by atoms with Gasteiger partial charge in [0.05, 0.1) is 6.20 Å². The summed E-state index contributed by atoms with van der Waals surface area (Å²) in [5.41, 5.74) is 10.4. The van der Waals surface area contributed by atoms with E-state index >= 15 is 0 Å². The molecule has 0 fully saturated rings. The van der Waals surface area contributed by atoms with Gasteiger partial charge in [0.15, 0.2) is 0 Å². The van der Waals surface area contributed by atoms with E-state index in [9.17, 15) is 4.79 Å². The van der Waals surface area contributed by atoms with Crippen LogP contribution in [0.5, 0.6) is 0 Å². The summed E-state index contributed by atoms with van der Waals surface area (Å²) in [5.74, 6) is -0.528. The van der Waals surface area contributed by atoms with E-state index in [1.54, 1.807) is 11.6 Å². The molecule has 2 aromatic heterocycles. The fourth-order valence-corrected chi connectivity index (χ4v) is 5.46. The molecule has 186 valence electrons. The minimum atomic E-state index is -0.528. The van der Waals surface area contributed by atoms with E-state index in [1.165, 1.54) is 44.9 Å². The third-order valence-corrected chi connectivity index (χ3v) is 7.55. The molecule has 2 aromatic carbocycles. The summed E-state index contributed by atoms with van der Waals surface area (Å²) < 4.78 is 4.17. The number of hydrogen-bond donors (Lipinski definition) is 2. The first-order chi connectivity index (χ1) is 17.4. The van der Waals surface area contributed by atoms with Crippen LogP contribution in [-0.4, -0.2) is 36.9 Å². The van der Waals surface area contributed by atoms with E-state index in [1.807, 2.05) is 17.9 Å². The number of nitrogens with one attached hydrogen (secondary N) is 1. The molecule has 7 heteroatoms. The molecule has 0 saturated carbocycles. The molecule has 4 aromatic rings. The highest BCUT2D eigenvalue weighted by Gasteiger charge is 2.29. The fourth-order valence-electron chi connectivity index (χ4n) is 5.46. The van der Waals surface area contributed by atoms with Crippen LogP contribution < -0.4 is 5.48 Å². The van der Waals surface area contributed by atoms with Gasteiger partial charge in [-0.1, -0.05) is 36.4 Å². The number of aryl methyl sites for hydroxylation is 3. The van der Waals surface area contributed by atoms with Gasteiger partial charge in [-0.3, -0.25) is 19.6 Å². The Hall–Kier alpha value is -3.68. The second kappa shape index (κ2) is 10.1. The minimum Gasteiger partial charge on any atom is -0.350 e. The van der Waals surface area contributed by atoms with Crippen molar-refractivity contribution >= 4 is 22.9 Å². The molecular weight excluding hydrogens is 450 g/mol. The normalized spacial score (nSPS) is 15.3. The quantitative estimate of drug-likeness (QED) is 0.220. The predicted octanol–water partition coefficient (Wildman–Crippen LogP) is 4.47. The van der Waals surface area contributed by atoms with Crippen LogP contribution in [-0.2, 0) is 38.3 Å². The third kappa shape index (κ3) is 4.72. The molecule has 0 saturated heterocycles. The lowest BCUT2D eigenvalue weighted by Gasteiger charge is -2.30. The van der Waals surface area contributed by atoms with Crippen molar-refractivity contribution < 1.29 is 10.0 Å². The van der Waals surface area contributed by atoms with Gasteiger partial charge in [0.25, 0.3) is 5.91 Å². The maximum absolute atomic E-state index is 11.4. The molecule has 36 heavy (non-hydrogen) atoms. The molecule has 7 nitrogen and oxygen atoms in total. The first-order valence-electron chi connectivity index (χ1n) is 12.4. The number of hydrogen-bond acceptors (Lipinski definition) is 4. The van der Waals surface area contributed by atoms with Crippen LogP contribution >= 0.6 is 0 Å². The highest BCUT2D eigenvalue weighted by atomic mass is 16.5. The van der Waals surface area contributed by atoms with E-state index in [0.717, 1.165) is 37.9 Å². The molecule has 5 rings (SSSR count). The van der Waals surface area contributed by atoms with Crippen molar-refractivity contribution in [2.75, 3.05) is 6.54 Å². The van der Waals surface area contributed by atoms with Crippen LogP contribution in [0.2, 0.25) is 0 Å². The topological polar surface area (TPSA) is 75.3 Å². The zero-order valence-electron chi connectivity index (χ0n) is 21.1. The summed E-state index contributed by atoms with van der Waals surface area (Å²) in [4.78, 5) is 14.0. The summed E-state index contributed by atoms with van der Waals surface area (Å²) >= 11 is 0. The van der Waals surface area contributed by atoms with Gasteiger partial charge in [-0.05, 0) is 60.6 Å². The maximum Gasteiger partial charge on any atom is 0.267 e. The van der Waals surface area contributed by atoms with Crippen LogP contribution in [0.15, 0.2) is 60.9 Å². The van der Waals surface area contributed by atoms with Gasteiger partial charge in [0, 0.05) is 67.7 Å². The molecule has 0 bridgehead atoms. The molecule has 1 amide bonds. The lowest BCUT2D eigenvalue weighted by atomic mass is 10.0. The summed E-state index contributed by atoms with van der Waals surface area (Å²) in [6, 6.07) is 15.4. The fraction of sp³-hybridized carbons (Fsp3) is 0.310. The third-order valence-electron chi connectivity index (χ3n) is 7.55. The van der Waals surface area contributed by atoms with Gasteiger partial charge >= 0.3 is 0 Å². The number of rotatable bonds is 8. The number of hydroxylamine groups is 1. The van der Waals surface area contributed by atoms with Crippen molar-refractivity contribution in [3.8, 4) is 0 Å². The number of amides is 1. The Morgan fingerprint density at radius 2 is 2.06 bits per heavy atom. The van der Waals surface area contributed by atoms with Crippen molar-refractivity contribution in [3.63, 3.8) is 0 Å². The molecular formula is C29H33N5O2. The largest absolute Gasteiger partial charge is 0.350 e. The molecule has 0 aliphatic heterocycles. The van der Waals surface area contributed by atoms with Gasteiger partial charge in [-0.15, -0.1) is 0 Å². The monoisotopic (exact) mass is 483 g/mol. The Morgan fingerprint density at radius 1 is 1.22 bits per heavy atom. The summed E-state index contributed by atoms with van der Waals surface area (Å²) in [6.45, 7) is 3.94. The first kappa shape index (κ1) is 24.0. The molecule has 1 aliphatic carbocycles. The van der Waals surface area contributed by atoms with Crippen LogP contribution in [0.3, 0.4) is 0 Å². The Kier molecular flexibility index (Phi) is 6.76. The summed E-state index contributed by atoms with van der Waals surface area (Å²) in [5, 5.41) is 14.5. The Bertz CT molecular complexity index is 1430. The summed E-state index contributed by atoms with van der Waals surface area (Å²) in [6.07, 6.45) is 10.4. The van der Waals surface area contributed by atoms with Crippen LogP contribution in [0.4, 0.5) is 0 Å². The molecule has 2 N–H and O–H groups in total. The van der Waals surface area contributed by atoms with Crippen molar-refractivity contribution in [2.45, 2.75) is 38.8 Å². The highest BCUT2D eigenvalue weighted by Crippen LogP contribution is 2.38. The Balaban J connectivity index is 1.42. The van der Waals surface area contributed by atoms with Crippen LogP contribution in [0, 0.1) is 6.92 Å². The lowest BCUT2D eigenvalue weighted by Crippen LogP contribution is -2.29. The molecule has 1 atom stereocenters. The number of benzene rings is 2. The lowest BCUT2D eigenvalue weighted by molar-refractivity contribution is -0.124. The van der Waals surface area contributed by atoms with E-state index in [2.05, 4.69) is 77.2 Å². The Morgan fingerprint density at radius 3 is 2.83 bits per heavy atom. The molecule has 0 radical (unpaired) electrons. The van der Waals surface area contributed by atoms with Crippen LogP contribution in [0.1, 0.15) is 46.0 Å². The van der Waals surface area contributed by atoms with E-state index in [0.29, 0.717) is 6.04 Å².